The topological polar surface area (TPSA) is 66.0 Å². The monoisotopic (exact) mass is 266 g/mol. The van der Waals surface area contributed by atoms with Crippen LogP contribution in [0.5, 0.6) is 0 Å². The summed E-state index contributed by atoms with van der Waals surface area (Å²) in [5.74, 6) is 0.182. The minimum atomic E-state index is -0.535. The first-order valence-electron chi connectivity index (χ1n) is 5.01. The molecule has 7 heteroatoms. The van der Waals surface area contributed by atoms with Gasteiger partial charge in [-0.15, -0.1) is 10.2 Å². The highest BCUT2D eigenvalue weighted by Crippen LogP contribution is 2.23. The molecule has 0 saturated carbocycles. The zero-order valence-electron chi connectivity index (χ0n) is 9.39. The van der Waals surface area contributed by atoms with E-state index in [1.165, 1.54) is 23.1 Å². The molecule has 0 N–H and O–H groups in total. The fourth-order valence-corrected chi connectivity index (χ4v) is 1.55. The molecule has 5 nitrogen and oxygen atoms in total. The Hall–Kier alpha value is -2.13. The van der Waals surface area contributed by atoms with Gasteiger partial charge in [-0.2, -0.15) is 5.26 Å². The number of benzene rings is 1. The van der Waals surface area contributed by atoms with Crippen LogP contribution in [0.1, 0.15) is 11.8 Å². The normalized spacial score (nSPS) is 10.1. The quantitative estimate of drug-likeness (QED) is 0.631. The van der Waals surface area contributed by atoms with Gasteiger partial charge in [-0.25, -0.2) is 4.39 Å². The molecule has 0 aliphatic rings. The van der Waals surface area contributed by atoms with E-state index in [1.54, 1.807) is 6.92 Å². The van der Waals surface area contributed by atoms with E-state index in [0.29, 0.717) is 17.5 Å². The summed E-state index contributed by atoms with van der Waals surface area (Å²) >= 11 is 5.66. The summed E-state index contributed by atoms with van der Waals surface area (Å²) in [4.78, 5) is 1.28. The van der Waals surface area contributed by atoms with Crippen molar-refractivity contribution >= 4 is 17.3 Å². The molecular formula is C11H8ClFN4O. The molecule has 1 heterocycles. The third kappa shape index (κ3) is 2.57. The Labute approximate surface area is 107 Å². The smallest absolute Gasteiger partial charge is 0.236 e. The molecule has 0 fully saturated rings. The van der Waals surface area contributed by atoms with E-state index >= 15 is 0 Å². The van der Waals surface area contributed by atoms with Crippen LogP contribution in [-0.2, 0) is 6.54 Å². The molecule has 2 rings (SSSR count). The molecule has 1 aromatic carbocycles. The fourth-order valence-electron chi connectivity index (χ4n) is 1.37. The second-order valence-corrected chi connectivity index (χ2v) is 3.91. The average Bonchev–Trinajstić information content (AvgIpc) is 2.75. The van der Waals surface area contributed by atoms with Crippen molar-refractivity contribution in [1.29, 1.82) is 5.26 Å². The van der Waals surface area contributed by atoms with E-state index in [1.807, 2.05) is 6.19 Å². The Morgan fingerprint density at radius 1 is 1.50 bits per heavy atom. The molecular weight excluding hydrogens is 259 g/mol. The Bertz CT molecular complexity index is 607. The first kappa shape index (κ1) is 12.3. The van der Waals surface area contributed by atoms with Gasteiger partial charge in [0, 0.05) is 6.92 Å². The first-order chi connectivity index (χ1) is 8.60. The lowest BCUT2D eigenvalue weighted by Gasteiger charge is -2.13. The van der Waals surface area contributed by atoms with E-state index in [2.05, 4.69) is 10.2 Å². The van der Waals surface area contributed by atoms with E-state index in [-0.39, 0.29) is 11.6 Å². The Morgan fingerprint density at radius 2 is 2.28 bits per heavy atom. The molecule has 0 atom stereocenters. The zero-order chi connectivity index (χ0) is 13.1. The summed E-state index contributed by atoms with van der Waals surface area (Å²) in [5, 5.41) is 16.5. The van der Waals surface area contributed by atoms with Gasteiger partial charge in [0.15, 0.2) is 6.19 Å². The lowest BCUT2D eigenvalue weighted by Crippen LogP contribution is -2.16. The lowest BCUT2D eigenvalue weighted by molar-refractivity contribution is 0.468. The van der Waals surface area contributed by atoms with Crippen LogP contribution in [0.25, 0.3) is 0 Å². The number of hydrogen-bond donors (Lipinski definition) is 0. The number of rotatable bonds is 3. The van der Waals surface area contributed by atoms with Crippen LogP contribution in [-0.4, -0.2) is 10.2 Å². The summed E-state index contributed by atoms with van der Waals surface area (Å²) in [6.07, 6.45) is 1.95. The molecule has 0 aliphatic carbocycles. The summed E-state index contributed by atoms with van der Waals surface area (Å²) in [6.45, 7) is 1.77. The van der Waals surface area contributed by atoms with Crippen LogP contribution in [0.2, 0.25) is 5.02 Å². The average molecular weight is 267 g/mol. The molecule has 0 amide bonds. The third-order valence-corrected chi connectivity index (χ3v) is 2.49. The van der Waals surface area contributed by atoms with E-state index in [0.717, 1.165) is 0 Å². The minimum absolute atomic E-state index is 0.0468. The van der Waals surface area contributed by atoms with Crippen molar-refractivity contribution in [2.45, 2.75) is 13.5 Å². The van der Waals surface area contributed by atoms with Gasteiger partial charge < -0.3 is 4.42 Å². The zero-order valence-corrected chi connectivity index (χ0v) is 10.1. The van der Waals surface area contributed by atoms with Gasteiger partial charge in [-0.1, -0.05) is 11.6 Å². The highest BCUT2D eigenvalue weighted by molar-refractivity contribution is 6.31. The number of aryl methyl sites for hydroxylation is 1. The molecule has 0 saturated heterocycles. The fraction of sp³-hybridized carbons (Fsp3) is 0.182. The maximum Gasteiger partial charge on any atom is 0.236 e. The molecule has 0 unspecified atom stereocenters. The summed E-state index contributed by atoms with van der Waals surface area (Å²) in [6, 6.07) is 4.01. The van der Waals surface area contributed by atoms with Gasteiger partial charge in [0.1, 0.15) is 12.4 Å². The standard InChI is InChI=1S/C11H8ClFN4O/c1-7-15-16-11(18-7)5-17(6-14)8-2-3-10(13)9(12)4-8/h2-4H,5H2,1H3. The summed E-state index contributed by atoms with van der Waals surface area (Å²) < 4.78 is 18.2. The number of halogens is 2. The van der Waals surface area contributed by atoms with Crippen LogP contribution in [0.15, 0.2) is 22.6 Å². The van der Waals surface area contributed by atoms with Gasteiger partial charge in [0.2, 0.25) is 11.8 Å². The Morgan fingerprint density at radius 3 is 2.83 bits per heavy atom. The number of nitriles is 1. The van der Waals surface area contributed by atoms with Gasteiger partial charge >= 0.3 is 0 Å². The third-order valence-electron chi connectivity index (χ3n) is 2.20. The van der Waals surface area contributed by atoms with Gasteiger partial charge in [-0.3, -0.25) is 4.90 Å². The highest BCUT2D eigenvalue weighted by atomic mass is 35.5. The number of nitrogens with zero attached hydrogens (tertiary/aromatic N) is 4. The second kappa shape index (κ2) is 5.02. The molecule has 2 aromatic rings. The molecule has 92 valence electrons. The second-order valence-electron chi connectivity index (χ2n) is 3.50. The molecule has 0 radical (unpaired) electrons. The number of anilines is 1. The van der Waals surface area contributed by atoms with E-state index in [4.69, 9.17) is 21.3 Å². The van der Waals surface area contributed by atoms with Crippen LogP contribution in [0.4, 0.5) is 10.1 Å². The van der Waals surface area contributed by atoms with Gasteiger partial charge in [0.05, 0.1) is 10.7 Å². The van der Waals surface area contributed by atoms with Crippen molar-refractivity contribution in [3.05, 3.63) is 40.8 Å². The number of hydrogen-bond acceptors (Lipinski definition) is 5. The van der Waals surface area contributed by atoms with Crippen LogP contribution < -0.4 is 4.90 Å². The molecule has 0 spiro atoms. The Kier molecular flexibility index (Phi) is 3.44. The van der Waals surface area contributed by atoms with Crippen molar-refractivity contribution in [1.82, 2.24) is 10.2 Å². The minimum Gasteiger partial charge on any atom is -0.424 e. The molecule has 1 aromatic heterocycles. The predicted molar refractivity (Wildman–Crippen MR) is 62.2 cm³/mol. The van der Waals surface area contributed by atoms with Crippen molar-refractivity contribution in [2.75, 3.05) is 4.90 Å². The molecule has 0 bridgehead atoms. The van der Waals surface area contributed by atoms with Crippen molar-refractivity contribution in [3.63, 3.8) is 0 Å². The number of aromatic nitrogens is 2. The SMILES string of the molecule is Cc1nnc(CN(C#N)c2ccc(F)c(Cl)c2)o1. The van der Waals surface area contributed by atoms with E-state index < -0.39 is 5.82 Å². The van der Waals surface area contributed by atoms with Crippen molar-refractivity contribution < 1.29 is 8.81 Å². The maximum absolute atomic E-state index is 13.0. The largest absolute Gasteiger partial charge is 0.424 e. The molecule has 18 heavy (non-hydrogen) atoms. The first-order valence-corrected chi connectivity index (χ1v) is 5.39. The van der Waals surface area contributed by atoms with Crippen LogP contribution in [0, 0.1) is 24.2 Å². The predicted octanol–water partition coefficient (Wildman–Crippen LogP) is 2.66. The van der Waals surface area contributed by atoms with E-state index in [9.17, 15) is 4.39 Å². The van der Waals surface area contributed by atoms with Crippen molar-refractivity contribution in [3.8, 4) is 6.19 Å². The van der Waals surface area contributed by atoms with Gasteiger partial charge in [0.25, 0.3) is 0 Å². The Balaban J connectivity index is 2.23. The van der Waals surface area contributed by atoms with Crippen LogP contribution >= 0.6 is 11.6 Å². The highest BCUT2D eigenvalue weighted by Gasteiger charge is 2.12. The van der Waals surface area contributed by atoms with Crippen molar-refractivity contribution in [2.24, 2.45) is 0 Å². The summed E-state index contributed by atoms with van der Waals surface area (Å²) in [7, 11) is 0. The lowest BCUT2D eigenvalue weighted by atomic mass is 10.3. The summed E-state index contributed by atoms with van der Waals surface area (Å²) in [5.41, 5.74) is 0.458. The maximum atomic E-state index is 13.0. The molecule has 0 aliphatic heterocycles. The van der Waals surface area contributed by atoms with Gasteiger partial charge in [-0.05, 0) is 18.2 Å². The van der Waals surface area contributed by atoms with Crippen LogP contribution in [0.3, 0.4) is 0 Å².